The van der Waals surface area contributed by atoms with Crippen LogP contribution in [0.5, 0.6) is 0 Å². The van der Waals surface area contributed by atoms with Crippen LogP contribution in [0.15, 0.2) is 60.8 Å². The molecule has 0 radical (unpaired) electrons. The molecule has 0 aliphatic rings. The fraction of sp³-hybridized carbons (Fsp3) is 0.797. The van der Waals surface area contributed by atoms with Gasteiger partial charge in [-0.2, -0.15) is 0 Å². The summed E-state index contributed by atoms with van der Waals surface area (Å²) in [6.07, 6.45) is 73.6. The van der Waals surface area contributed by atoms with Gasteiger partial charge in [-0.05, 0) is 64.2 Å². The Morgan fingerprint density at radius 2 is 0.557 bits per heavy atom. The molecule has 0 N–H and O–H groups in total. The minimum Gasteiger partial charge on any atom is -0.462 e. The Hall–Kier alpha value is -2.89. The van der Waals surface area contributed by atoms with Crippen LogP contribution in [0.25, 0.3) is 0 Å². The van der Waals surface area contributed by atoms with Gasteiger partial charge in [0, 0.05) is 19.3 Å². The fourth-order valence-corrected chi connectivity index (χ4v) is 8.77. The number of carbonyl (C=O) groups excluding carboxylic acids is 3. The molecule has 0 aromatic heterocycles. The van der Waals surface area contributed by atoms with Crippen molar-refractivity contribution in [2.75, 3.05) is 13.2 Å². The summed E-state index contributed by atoms with van der Waals surface area (Å²) in [6.45, 7) is 6.55. The summed E-state index contributed by atoms with van der Waals surface area (Å²) in [5, 5.41) is 0. The normalized spacial score (nSPS) is 12.4. The van der Waals surface area contributed by atoms with Crippen molar-refractivity contribution < 1.29 is 28.6 Å². The number of rotatable bonds is 55. The van der Waals surface area contributed by atoms with Crippen molar-refractivity contribution in [3.63, 3.8) is 0 Å². The van der Waals surface area contributed by atoms with Crippen LogP contribution in [0.3, 0.4) is 0 Å². The molecule has 0 aromatic rings. The number of hydrogen-bond donors (Lipinski definition) is 0. The Labute approximate surface area is 434 Å². The zero-order valence-corrected chi connectivity index (χ0v) is 46.5. The molecule has 0 amide bonds. The lowest BCUT2D eigenvalue weighted by Gasteiger charge is -2.18. The molecular weight excluding hydrogens is 865 g/mol. The highest BCUT2D eigenvalue weighted by molar-refractivity contribution is 5.71. The van der Waals surface area contributed by atoms with E-state index in [9.17, 15) is 14.4 Å². The number of allylic oxidation sites excluding steroid dienone is 10. The van der Waals surface area contributed by atoms with E-state index >= 15 is 0 Å². The first-order valence-electron chi connectivity index (χ1n) is 30.3. The SMILES string of the molecule is CC/C=C\C/C=C\C/C=C\C/C=C\C/C=C\CCCCCCCCCCCCCC(=O)OCC(COC(=O)CCCCCCCCCCCCCC)OC(=O)CCCCCCCCCCCCCCC. The van der Waals surface area contributed by atoms with E-state index in [-0.39, 0.29) is 31.1 Å². The fourth-order valence-electron chi connectivity index (χ4n) is 8.77. The lowest BCUT2D eigenvalue weighted by molar-refractivity contribution is -0.167. The van der Waals surface area contributed by atoms with Gasteiger partial charge in [-0.15, -0.1) is 0 Å². The molecule has 0 spiro atoms. The van der Waals surface area contributed by atoms with Crippen molar-refractivity contribution in [3.8, 4) is 0 Å². The second kappa shape index (κ2) is 58.7. The number of esters is 3. The largest absolute Gasteiger partial charge is 0.462 e. The van der Waals surface area contributed by atoms with Crippen LogP contribution in [0.4, 0.5) is 0 Å². The Balaban J connectivity index is 4.21. The van der Waals surface area contributed by atoms with Crippen LogP contribution in [0.1, 0.15) is 310 Å². The summed E-state index contributed by atoms with van der Waals surface area (Å²) in [6, 6.07) is 0. The van der Waals surface area contributed by atoms with Crippen molar-refractivity contribution in [1.82, 2.24) is 0 Å². The maximum absolute atomic E-state index is 12.8. The van der Waals surface area contributed by atoms with Gasteiger partial charge in [-0.25, -0.2) is 0 Å². The predicted molar refractivity (Wildman–Crippen MR) is 302 cm³/mol. The molecule has 0 saturated carbocycles. The summed E-state index contributed by atoms with van der Waals surface area (Å²) in [4.78, 5) is 38.1. The molecule has 0 aliphatic carbocycles. The first-order chi connectivity index (χ1) is 34.5. The van der Waals surface area contributed by atoms with Crippen molar-refractivity contribution >= 4 is 17.9 Å². The third-order valence-electron chi connectivity index (χ3n) is 13.3. The highest BCUT2D eigenvalue weighted by atomic mass is 16.6. The maximum Gasteiger partial charge on any atom is 0.306 e. The predicted octanol–water partition coefficient (Wildman–Crippen LogP) is 20.4. The van der Waals surface area contributed by atoms with E-state index < -0.39 is 6.10 Å². The molecule has 0 aliphatic heterocycles. The lowest BCUT2D eigenvalue weighted by atomic mass is 10.0. The Morgan fingerprint density at radius 1 is 0.300 bits per heavy atom. The summed E-state index contributed by atoms with van der Waals surface area (Å²) in [5.74, 6) is -0.857. The minimum absolute atomic E-state index is 0.0696. The van der Waals surface area contributed by atoms with Gasteiger partial charge < -0.3 is 14.2 Å². The molecule has 406 valence electrons. The number of carbonyl (C=O) groups is 3. The first-order valence-corrected chi connectivity index (χ1v) is 30.3. The smallest absolute Gasteiger partial charge is 0.306 e. The zero-order chi connectivity index (χ0) is 50.7. The second-order valence-corrected chi connectivity index (χ2v) is 20.2. The molecular formula is C64H114O6. The summed E-state index contributed by atoms with van der Waals surface area (Å²) in [7, 11) is 0. The molecule has 1 unspecified atom stereocenters. The van der Waals surface area contributed by atoms with Gasteiger partial charge >= 0.3 is 17.9 Å². The number of ether oxygens (including phenoxy) is 3. The van der Waals surface area contributed by atoms with Crippen LogP contribution >= 0.6 is 0 Å². The highest BCUT2D eigenvalue weighted by Gasteiger charge is 2.19. The molecule has 0 heterocycles. The van der Waals surface area contributed by atoms with Crippen molar-refractivity contribution in [2.45, 2.75) is 316 Å². The second-order valence-electron chi connectivity index (χ2n) is 20.2. The summed E-state index contributed by atoms with van der Waals surface area (Å²) >= 11 is 0. The van der Waals surface area contributed by atoms with Crippen molar-refractivity contribution in [1.29, 1.82) is 0 Å². The Bertz CT molecular complexity index is 1260. The van der Waals surface area contributed by atoms with Gasteiger partial charge in [0.1, 0.15) is 13.2 Å². The lowest BCUT2D eigenvalue weighted by Crippen LogP contribution is -2.30. The van der Waals surface area contributed by atoms with E-state index in [0.717, 1.165) is 89.9 Å². The molecule has 0 fully saturated rings. The highest BCUT2D eigenvalue weighted by Crippen LogP contribution is 2.17. The van der Waals surface area contributed by atoms with Gasteiger partial charge in [0.05, 0.1) is 0 Å². The van der Waals surface area contributed by atoms with Gasteiger partial charge in [0.2, 0.25) is 0 Å². The molecule has 70 heavy (non-hydrogen) atoms. The standard InChI is InChI=1S/C64H114O6/c1-4-7-10-13-16-19-22-25-26-27-28-29-30-31-32-33-34-35-36-37-38-40-42-45-48-51-54-57-63(66)69-60-61(59-68-62(65)56-53-50-47-44-41-24-21-18-15-12-9-6-3)70-64(67)58-55-52-49-46-43-39-23-20-17-14-11-8-5-2/h7,10,16,19,25-26,28-29,31-32,61H,4-6,8-9,11-15,17-18,20-24,27,30,33-60H2,1-3H3/b10-7-,19-16-,26-25-,29-28-,32-31-. The monoisotopic (exact) mass is 979 g/mol. The molecule has 1 atom stereocenters. The molecule has 0 rings (SSSR count). The van der Waals surface area contributed by atoms with Crippen molar-refractivity contribution in [3.05, 3.63) is 60.8 Å². The number of hydrogen-bond acceptors (Lipinski definition) is 6. The third-order valence-corrected chi connectivity index (χ3v) is 13.3. The molecule has 6 heteroatoms. The average Bonchev–Trinajstić information content (AvgIpc) is 3.36. The van der Waals surface area contributed by atoms with Gasteiger partial charge in [0.25, 0.3) is 0 Å². The molecule has 0 aromatic carbocycles. The summed E-state index contributed by atoms with van der Waals surface area (Å²) < 4.78 is 16.9. The van der Waals surface area contributed by atoms with E-state index in [2.05, 4.69) is 81.5 Å². The molecule has 6 nitrogen and oxygen atoms in total. The van der Waals surface area contributed by atoms with Gasteiger partial charge in [-0.1, -0.05) is 287 Å². The van der Waals surface area contributed by atoms with E-state index in [1.54, 1.807) is 0 Å². The van der Waals surface area contributed by atoms with E-state index in [4.69, 9.17) is 14.2 Å². The Morgan fingerprint density at radius 3 is 0.871 bits per heavy atom. The Kier molecular flexibility index (Phi) is 56.3. The first kappa shape index (κ1) is 67.1. The minimum atomic E-state index is -0.770. The maximum atomic E-state index is 12.8. The average molecular weight is 980 g/mol. The van der Waals surface area contributed by atoms with E-state index in [1.807, 2.05) is 0 Å². The number of unbranched alkanes of at least 4 members (excludes halogenated alkanes) is 34. The molecule has 0 saturated heterocycles. The zero-order valence-electron chi connectivity index (χ0n) is 46.5. The van der Waals surface area contributed by atoms with Crippen LogP contribution < -0.4 is 0 Å². The van der Waals surface area contributed by atoms with E-state index in [0.29, 0.717) is 19.3 Å². The van der Waals surface area contributed by atoms with Crippen molar-refractivity contribution in [2.24, 2.45) is 0 Å². The molecule has 0 bridgehead atoms. The van der Waals surface area contributed by atoms with E-state index in [1.165, 1.54) is 180 Å². The van der Waals surface area contributed by atoms with Crippen LogP contribution in [0, 0.1) is 0 Å². The summed E-state index contributed by atoms with van der Waals surface area (Å²) in [5.41, 5.74) is 0. The van der Waals surface area contributed by atoms with Gasteiger partial charge in [0.15, 0.2) is 6.10 Å². The van der Waals surface area contributed by atoms with Crippen LogP contribution in [-0.2, 0) is 28.6 Å². The van der Waals surface area contributed by atoms with Gasteiger partial charge in [-0.3, -0.25) is 14.4 Å². The quantitative estimate of drug-likeness (QED) is 0.0261. The third kappa shape index (κ3) is 56.0. The topological polar surface area (TPSA) is 78.9 Å². The van der Waals surface area contributed by atoms with Crippen LogP contribution in [-0.4, -0.2) is 37.2 Å². The van der Waals surface area contributed by atoms with Crippen LogP contribution in [0.2, 0.25) is 0 Å².